The van der Waals surface area contributed by atoms with E-state index < -0.39 is 17.8 Å². The van der Waals surface area contributed by atoms with Crippen molar-refractivity contribution in [3.05, 3.63) is 28.2 Å². The highest BCUT2D eigenvalue weighted by molar-refractivity contribution is 7.17. The van der Waals surface area contributed by atoms with E-state index in [0.717, 1.165) is 35.8 Å². The van der Waals surface area contributed by atoms with Crippen molar-refractivity contribution in [2.75, 3.05) is 12.4 Å². The van der Waals surface area contributed by atoms with Gasteiger partial charge in [-0.1, -0.05) is 6.92 Å². The van der Waals surface area contributed by atoms with Gasteiger partial charge in [0, 0.05) is 11.0 Å². The molecule has 1 aromatic heterocycles. The monoisotopic (exact) mass is 322 g/mol. The lowest BCUT2D eigenvalue weighted by molar-refractivity contribution is -0.297. The lowest BCUT2D eigenvalue weighted by Crippen LogP contribution is -2.20. The summed E-state index contributed by atoms with van der Waals surface area (Å²) in [5.74, 6) is -2.05. The molecule has 0 aromatic carbocycles. The summed E-state index contributed by atoms with van der Waals surface area (Å²) in [7, 11) is 1.29. The van der Waals surface area contributed by atoms with Crippen molar-refractivity contribution >= 4 is 34.2 Å². The molecule has 0 spiro atoms. The van der Waals surface area contributed by atoms with Crippen molar-refractivity contribution in [1.82, 2.24) is 0 Å². The zero-order valence-corrected chi connectivity index (χ0v) is 13.1. The Kier molecular flexibility index (Phi) is 4.97. The summed E-state index contributed by atoms with van der Waals surface area (Å²) in [5, 5.41) is 13.3. The van der Waals surface area contributed by atoms with Gasteiger partial charge in [-0.25, -0.2) is 4.79 Å². The second-order valence-corrected chi connectivity index (χ2v) is 6.29. The molecule has 0 bridgehead atoms. The number of carboxylic acids is 1. The van der Waals surface area contributed by atoms with Gasteiger partial charge in [0.05, 0.1) is 18.6 Å². The van der Waals surface area contributed by atoms with E-state index in [0.29, 0.717) is 22.6 Å². The molecule has 0 saturated carbocycles. The average molecular weight is 322 g/mol. The van der Waals surface area contributed by atoms with E-state index in [4.69, 9.17) is 4.74 Å². The zero-order chi connectivity index (χ0) is 16.3. The molecule has 0 radical (unpaired) electrons. The third-order valence-electron chi connectivity index (χ3n) is 3.51. The molecule has 0 fully saturated rings. The van der Waals surface area contributed by atoms with E-state index in [2.05, 4.69) is 12.2 Å². The number of nitrogens with one attached hydrogen (secondary N) is 1. The molecule has 1 amide bonds. The number of methoxy groups -OCH3 is 1. The minimum atomic E-state index is -1.46. The largest absolute Gasteiger partial charge is 0.545 e. The van der Waals surface area contributed by atoms with Crippen LogP contribution in [0.25, 0.3) is 0 Å². The summed E-state index contributed by atoms with van der Waals surface area (Å²) < 4.78 is 4.80. The van der Waals surface area contributed by atoms with Gasteiger partial charge in [-0.2, -0.15) is 0 Å². The molecule has 1 aliphatic carbocycles. The molecule has 1 heterocycles. The quantitative estimate of drug-likeness (QED) is 0.656. The Morgan fingerprint density at radius 2 is 2.09 bits per heavy atom. The molecular formula is C15H16NO5S-. The van der Waals surface area contributed by atoms with Crippen molar-refractivity contribution in [3.8, 4) is 0 Å². The Labute approximate surface area is 131 Å². The number of ether oxygens (including phenoxy) is 1. The highest BCUT2D eigenvalue weighted by atomic mass is 32.1. The molecule has 22 heavy (non-hydrogen) atoms. The van der Waals surface area contributed by atoms with Crippen LogP contribution >= 0.6 is 11.3 Å². The van der Waals surface area contributed by atoms with Gasteiger partial charge in [0.1, 0.15) is 5.00 Å². The summed E-state index contributed by atoms with van der Waals surface area (Å²) in [6.45, 7) is 2.14. The van der Waals surface area contributed by atoms with Crippen LogP contribution in [0.5, 0.6) is 0 Å². The standard InChI is InChI=1S/C15H17NO5S/c1-8-3-4-9-10(7-8)22-14(13(9)15(20)21-2)16-11(17)5-6-12(18)19/h5-6,8H,3-4,7H2,1-2H3,(H,16,17)(H,18,19)/p-1. The summed E-state index contributed by atoms with van der Waals surface area (Å²) in [5.41, 5.74) is 1.30. The summed E-state index contributed by atoms with van der Waals surface area (Å²) in [6.07, 6.45) is 4.10. The van der Waals surface area contributed by atoms with Gasteiger partial charge in [0.25, 0.3) is 0 Å². The lowest BCUT2D eigenvalue weighted by atomic mass is 9.88. The van der Waals surface area contributed by atoms with Crippen LogP contribution in [0.4, 0.5) is 5.00 Å². The van der Waals surface area contributed by atoms with Crippen LogP contribution in [0.2, 0.25) is 0 Å². The van der Waals surface area contributed by atoms with Gasteiger partial charge in [-0.3, -0.25) is 4.79 Å². The highest BCUT2D eigenvalue weighted by Crippen LogP contribution is 2.39. The van der Waals surface area contributed by atoms with E-state index in [9.17, 15) is 19.5 Å². The fourth-order valence-electron chi connectivity index (χ4n) is 2.45. The number of aliphatic carboxylic acids is 1. The highest BCUT2D eigenvalue weighted by Gasteiger charge is 2.28. The second kappa shape index (κ2) is 6.74. The van der Waals surface area contributed by atoms with Crippen molar-refractivity contribution in [2.24, 2.45) is 5.92 Å². The van der Waals surface area contributed by atoms with Gasteiger partial charge in [0.15, 0.2) is 0 Å². The number of rotatable bonds is 4. The van der Waals surface area contributed by atoms with Crippen molar-refractivity contribution in [2.45, 2.75) is 26.2 Å². The van der Waals surface area contributed by atoms with Crippen LogP contribution in [0.3, 0.4) is 0 Å². The zero-order valence-electron chi connectivity index (χ0n) is 12.3. The molecule has 1 unspecified atom stereocenters. The smallest absolute Gasteiger partial charge is 0.341 e. The van der Waals surface area contributed by atoms with Crippen LogP contribution in [0.15, 0.2) is 12.2 Å². The molecule has 0 saturated heterocycles. The molecule has 1 N–H and O–H groups in total. The van der Waals surface area contributed by atoms with Gasteiger partial charge >= 0.3 is 5.97 Å². The molecule has 6 nitrogen and oxygen atoms in total. The van der Waals surface area contributed by atoms with Crippen LogP contribution in [0, 0.1) is 5.92 Å². The average Bonchev–Trinajstić information content (AvgIpc) is 2.81. The maximum atomic E-state index is 12.0. The van der Waals surface area contributed by atoms with Gasteiger partial charge in [-0.05, 0) is 36.8 Å². The third-order valence-corrected chi connectivity index (χ3v) is 4.68. The summed E-state index contributed by atoms with van der Waals surface area (Å²) >= 11 is 1.34. The molecule has 7 heteroatoms. The Hall–Kier alpha value is -2.15. The predicted octanol–water partition coefficient (Wildman–Crippen LogP) is 0.904. The first kappa shape index (κ1) is 16.2. The first-order valence-electron chi connectivity index (χ1n) is 6.85. The van der Waals surface area contributed by atoms with Gasteiger partial charge < -0.3 is 20.0 Å². The lowest BCUT2D eigenvalue weighted by Gasteiger charge is -2.18. The first-order chi connectivity index (χ1) is 10.4. The van der Waals surface area contributed by atoms with Crippen LogP contribution in [0.1, 0.15) is 34.1 Å². The van der Waals surface area contributed by atoms with E-state index in [1.807, 2.05) is 0 Å². The number of esters is 1. The fraction of sp³-hybridized carbons (Fsp3) is 0.400. The topological polar surface area (TPSA) is 95.5 Å². The number of amides is 1. The van der Waals surface area contributed by atoms with Gasteiger partial charge in [0.2, 0.25) is 5.91 Å². The SMILES string of the molecule is COC(=O)c1c(NC(=O)C=CC(=O)[O-])sc2c1CCC(C)C2. The minimum absolute atomic E-state index is 0.379. The summed E-state index contributed by atoms with van der Waals surface area (Å²) in [6, 6.07) is 0. The van der Waals surface area contributed by atoms with Crippen molar-refractivity contribution in [1.29, 1.82) is 0 Å². The first-order valence-corrected chi connectivity index (χ1v) is 7.67. The maximum Gasteiger partial charge on any atom is 0.341 e. The van der Waals surface area contributed by atoms with Crippen LogP contribution < -0.4 is 10.4 Å². The normalized spacial score (nSPS) is 17.1. The molecule has 1 atom stereocenters. The predicted molar refractivity (Wildman–Crippen MR) is 79.6 cm³/mol. The Morgan fingerprint density at radius 3 is 2.73 bits per heavy atom. The van der Waals surface area contributed by atoms with Crippen molar-refractivity contribution < 1.29 is 24.2 Å². The Morgan fingerprint density at radius 1 is 1.36 bits per heavy atom. The molecule has 118 valence electrons. The number of hydrogen-bond acceptors (Lipinski definition) is 6. The maximum absolute atomic E-state index is 12.0. The number of hydrogen-bond donors (Lipinski definition) is 1. The Bertz CT molecular complexity index is 647. The molecule has 2 rings (SSSR count). The summed E-state index contributed by atoms with van der Waals surface area (Å²) in [4.78, 5) is 35.1. The second-order valence-electron chi connectivity index (χ2n) is 5.19. The third kappa shape index (κ3) is 3.54. The van der Waals surface area contributed by atoms with Crippen LogP contribution in [-0.2, 0) is 27.2 Å². The molecule has 0 aliphatic heterocycles. The number of thiophene rings is 1. The fourth-order valence-corrected chi connectivity index (χ4v) is 3.86. The van der Waals surface area contributed by atoms with Crippen molar-refractivity contribution in [3.63, 3.8) is 0 Å². The molecular weight excluding hydrogens is 306 g/mol. The van der Waals surface area contributed by atoms with E-state index in [1.54, 1.807) is 0 Å². The van der Waals surface area contributed by atoms with Gasteiger partial charge in [-0.15, -0.1) is 11.3 Å². The number of carboxylic acid groups (broad SMARTS) is 1. The molecule has 1 aromatic rings. The van der Waals surface area contributed by atoms with E-state index >= 15 is 0 Å². The van der Waals surface area contributed by atoms with E-state index in [-0.39, 0.29) is 0 Å². The Balaban J connectivity index is 2.32. The minimum Gasteiger partial charge on any atom is -0.545 e. The molecule has 1 aliphatic rings. The number of fused-ring (bicyclic) bond motifs is 1. The number of anilines is 1. The van der Waals surface area contributed by atoms with E-state index in [1.165, 1.54) is 18.4 Å². The number of carbonyl (C=O) groups excluding carboxylic acids is 3. The van der Waals surface area contributed by atoms with Crippen LogP contribution in [-0.4, -0.2) is 25.0 Å². The number of carbonyl (C=O) groups is 3.